The molecule has 1 aromatic rings. The summed E-state index contributed by atoms with van der Waals surface area (Å²) in [4.78, 5) is 0. The minimum absolute atomic E-state index is 0.388. The molecule has 4 heteroatoms. The molecule has 31 heavy (non-hydrogen) atoms. The highest BCUT2D eigenvalue weighted by Crippen LogP contribution is 2.65. The van der Waals surface area contributed by atoms with Gasteiger partial charge >= 0.3 is 0 Å². The molecule has 9 atom stereocenters. The summed E-state index contributed by atoms with van der Waals surface area (Å²) in [5.74, 6) is 6.28. The topological polar surface area (TPSA) is 50.8 Å². The Kier molecular flexibility index (Phi) is 5.93. The second-order valence-corrected chi connectivity index (χ2v) is 11.6. The fraction of sp³-hybridized carbons (Fsp3) is 0.852. The molecule has 0 spiro atoms. The molecule has 4 aliphatic carbocycles. The molecule has 0 amide bonds. The highest BCUT2D eigenvalue weighted by atomic mass is 16.5. The summed E-state index contributed by atoms with van der Waals surface area (Å²) in [6, 6.07) is 2.63. The van der Waals surface area contributed by atoms with E-state index in [2.05, 4.69) is 36.6 Å². The second kappa shape index (κ2) is 8.54. The van der Waals surface area contributed by atoms with Crippen molar-refractivity contribution in [2.24, 2.45) is 46.8 Å². The van der Waals surface area contributed by atoms with Crippen molar-refractivity contribution in [3.8, 4) is 6.07 Å². The van der Waals surface area contributed by atoms with Gasteiger partial charge < -0.3 is 4.74 Å². The van der Waals surface area contributed by atoms with E-state index >= 15 is 0 Å². The molecule has 4 saturated carbocycles. The lowest BCUT2D eigenvalue weighted by Gasteiger charge is -2.56. The van der Waals surface area contributed by atoms with Crippen LogP contribution in [-0.2, 0) is 4.74 Å². The molecular formula is C27H41N3O. The van der Waals surface area contributed by atoms with Gasteiger partial charge in [0.25, 0.3) is 0 Å². The van der Waals surface area contributed by atoms with Crippen molar-refractivity contribution in [3.05, 3.63) is 18.0 Å². The second-order valence-electron chi connectivity index (χ2n) is 11.6. The van der Waals surface area contributed by atoms with Crippen LogP contribution >= 0.6 is 0 Å². The Labute approximate surface area is 188 Å². The average molecular weight is 424 g/mol. The first-order valence-electron chi connectivity index (χ1n) is 13.1. The summed E-state index contributed by atoms with van der Waals surface area (Å²) >= 11 is 0. The van der Waals surface area contributed by atoms with Crippen LogP contribution in [0.4, 0.5) is 0 Å². The van der Waals surface area contributed by atoms with Crippen LogP contribution in [0.5, 0.6) is 0 Å². The van der Waals surface area contributed by atoms with Gasteiger partial charge in [-0.15, -0.1) is 0 Å². The molecule has 0 aliphatic heterocycles. The Morgan fingerprint density at radius 1 is 1.16 bits per heavy atom. The number of rotatable bonds is 5. The number of ether oxygens (including phenoxy) is 1. The molecule has 170 valence electrons. The summed E-state index contributed by atoms with van der Waals surface area (Å²) in [6.07, 6.45) is 16.5. The van der Waals surface area contributed by atoms with Gasteiger partial charge in [-0.05, 0) is 118 Å². The molecule has 0 saturated heterocycles. The lowest BCUT2D eigenvalue weighted by atomic mass is 9.49. The lowest BCUT2D eigenvalue weighted by molar-refractivity contribution is -0.0774. The molecule has 0 bridgehead atoms. The molecule has 0 N–H and O–H groups in total. The highest BCUT2D eigenvalue weighted by molar-refractivity contribution is 5.22. The van der Waals surface area contributed by atoms with E-state index in [0.717, 1.165) is 48.7 Å². The van der Waals surface area contributed by atoms with E-state index in [4.69, 9.17) is 4.74 Å². The third-order valence-electron chi connectivity index (χ3n) is 10.4. The smallest absolute Gasteiger partial charge is 0.102 e. The summed E-state index contributed by atoms with van der Waals surface area (Å²) in [5, 5.41) is 13.8. The lowest BCUT2D eigenvalue weighted by Crippen LogP contribution is -2.49. The molecule has 1 heterocycles. The first-order valence-corrected chi connectivity index (χ1v) is 13.1. The van der Waals surface area contributed by atoms with Crippen LogP contribution in [0.25, 0.3) is 0 Å². The van der Waals surface area contributed by atoms with Gasteiger partial charge in [0, 0.05) is 19.4 Å². The molecule has 3 unspecified atom stereocenters. The Bertz CT molecular complexity index is 812. The van der Waals surface area contributed by atoms with Crippen molar-refractivity contribution in [1.29, 1.82) is 5.26 Å². The van der Waals surface area contributed by atoms with Gasteiger partial charge in [-0.2, -0.15) is 10.4 Å². The fourth-order valence-corrected chi connectivity index (χ4v) is 9.02. The monoisotopic (exact) mass is 423 g/mol. The van der Waals surface area contributed by atoms with E-state index in [0.29, 0.717) is 22.9 Å². The van der Waals surface area contributed by atoms with Crippen LogP contribution in [0.2, 0.25) is 0 Å². The Morgan fingerprint density at radius 3 is 2.77 bits per heavy atom. The van der Waals surface area contributed by atoms with Gasteiger partial charge in [-0.25, -0.2) is 0 Å². The van der Waals surface area contributed by atoms with E-state index in [-0.39, 0.29) is 0 Å². The van der Waals surface area contributed by atoms with Crippen molar-refractivity contribution in [2.45, 2.75) is 84.6 Å². The predicted molar refractivity (Wildman–Crippen MR) is 122 cm³/mol. The largest absolute Gasteiger partial charge is 0.381 e. The van der Waals surface area contributed by atoms with E-state index < -0.39 is 0 Å². The maximum absolute atomic E-state index is 9.21. The van der Waals surface area contributed by atoms with Gasteiger partial charge in [0.1, 0.15) is 6.07 Å². The van der Waals surface area contributed by atoms with Crippen LogP contribution in [0.3, 0.4) is 0 Å². The molecule has 0 aromatic carbocycles. The van der Waals surface area contributed by atoms with Crippen molar-refractivity contribution in [1.82, 2.24) is 9.78 Å². The van der Waals surface area contributed by atoms with Crippen molar-refractivity contribution >= 4 is 0 Å². The zero-order valence-corrected chi connectivity index (χ0v) is 19.8. The summed E-state index contributed by atoms with van der Waals surface area (Å²) in [5.41, 5.74) is 1.13. The van der Waals surface area contributed by atoms with E-state index in [1.54, 1.807) is 6.20 Å². The van der Waals surface area contributed by atoms with E-state index in [1.165, 1.54) is 57.8 Å². The molecular weight excluding hydrogens is 382 g/mol. The molecule has 4 fully saturated rings. The highest BCUT2D eigenvalue weighted by Gasteiger charge is 2.58. The number of aromatic nitrogens is 2. The van der Waals surface area contributed by atoms with E-state index in [9.17, 15) is 5.26 Å². The molecule has 5 rings (SSSR count). The van der Waals surface area contributed by atoms with Crippen LogP contribution < -0.4 is 0 Å². The molecule has 4 aliphatic rings. The fourth-order valence-electron chi connectivity index (χ4n) is 9.02. The third-order valence-corrected chi connectivity index (χ3v) is 10.4. The normalized spacial score (nSPS) is 42.8. The number of hydrogen-bond donors (Lipinski definition) is 0. The van der Waals surface area contributed by atoms with Gasteiger partial charge in [-0.1, -0.05) is 6.92 Å². The van der Waals surface area contributed by atoms with E-state index in [1.807, 2.05) is 6.20 Å². The first-order chi connectivity index (χ1) is 15.0. The zero-order valence-electron chi connectivity index (χ0n) is 19.8. The minimum Gasteiger partial charge on any atom is -0.381 e. The number of hydrogen-bond acceptors (Lipinski definition) is 3. The zero-order chi connectivity index (χ0) is 21.6. The molecule has 1 aromatic heterocycles. The first kappa shape index (κ1) is 21.5. The van der Waals surface area contributed by atoms with Crippen molar-refractivity contribution in [2.75, 3.05) is 13.2 Å². The standard InChI is InChI=1S/C27H41N3O/c1-4-31-17-19-5-7-22-21(13-19)6-8-24-23(22)11-12-27(3)25(9-10-26(24)27)18(2)30-16-20(14-28)15-29-30/h15-16,18-19,21-26H,4-13,17H2,1-3H3/t18-,19-,21+,22-,23?,24+,25?,26?,27+/m0/s1. The SMILES string of the molecule is CCOC[C@H]1CC[C@@H]2C3CC[C@@]4(C)C(CCC4[C@H](C)n4cc(C#N)cn4)[C@@H]3CC[C@@H]2C1. The van der Waals surface area contributed by atoms with Gasteiger partial charge in [-0.3, -0.25) is 4.68 Å². The summed E-state index contributed by atoms with van der Waals surface area (Å²) < 4.78 is 7.87. The quantitative estimate of drug-likeness (QED) is 0.563. The van der Waals surface area contributed by atoms with Gasteiger partial charge in [0.15, 0.2) is 0 Å². The Balaban J connectivity index is 1.29. The Morgan fingerprint density at radius 2 is 2.00 bits per heavy atom. The van der Waals surface area contributed by atoms with Crippen LogP contribution in [0.1, 0.15) is 90.2 Å². The van der Waals surface area contributed by atoms with Gasteiger partial charge in [0.2, 0.25) is 0 Å². The Hall–Kier alpha value is -1.34. The van der Waals surface area contributed by atoms with Crippen LogP contribution in [-0.4, -0.2) is 23.0 Å². The number of nitriles is 1. The van der Waals surface area contributed by atoms with Crippen LogP contribution in [0.15, 0.2) is 12.4 Å². The van der Waals surface area contributed by atoms with Gasteiger partial charge in [0.05, 0.1) is 17.8 Å². The summed E-state index contributed by atoms with van der Waals surface area (Å²) in [6.45, 7) is 8.94. The maximum atomic E-state index is 9.21. The average Bonchev–Trinajstić information content (AvgIpc) is 3.41. The van der Waals surface area contributed by atoms with Crippen LogP contribution in [0, 0.1) is 58.2 Å². The van der Waals surface area contributed by atoms with Crippen molar-refractivity contribution in [3.63, 3.8) is 0 Å². The number of nitrogens with zero attached hydrogens (tertiary/aromatic N) is 3. The maximum Gasteiger partial charge on any atom is 0.102 e. The number of fused-ring (bicyclic) bond motifs is 5. The third kappa shape index (κ3) is 3.65. The predicted octanol–water partition coefficient (Wildman–Crippen LogP) is 6.24. The molecule has 4 nitrogen and oxygen atoms in total. The molecule has 0 radical (unpaired) electrons. The van der Waals surface area contributed by atoms with Crippen molar-refractivity contribution < 1.29 is 4.74 Å². The minimum atomic E-state index is 0.388. The summed E-state index contributed by atoms with van der Waals surface area (Å²) in [7, 11) is 0.